The topological polar surface area (TPSA) is 55.4 Å². The first-order chi connectivity index (χ1) is 14.5. The van der Waals surface area contributed by atoms with Crippen molar-refractivity contribution in [3.8, 4) is 5.75 Å². The zero-order valence-corrected chi connectivity index (χ0v) is 20.6. The average molecular weight is 586 g/mol. The van der Waals surface area contributed by atoms with E-state index in [1.54, 1.807) is 0 Å². The third kappa shape index (κ3) is 6.85. The fourth-order valence-electron chi connectivity index (χ4n) is 2.46. The summed E-state index contributed by atoms with van der Waals surface area (Å²) >= 11 is 10.3. The van der Waals surface area contributed by atoms with Gasteiger partial charge in [0.1, 0.15) is 0 Å². The van der Waals surface area contributed by atoms with Crippen LogP contribution in [0, 0.1) is 0 Å². The van der Waals surface area contributed by atoms with Gasteiger partial charge in [-0.15, -0.1) is 0 Å². The van der Waals surface area contributed by atoms with Crippen molar-refractivity contribution < 1.29 is 39.5 Å². The van der Waals surface area contributed by atoms with Crippen LogP contribution in [-0.2, 0) is 22.4 Å². The van der Waals surface area contributed by atoms with Crippen LogP contribution >= 0.6 is 23.2 Å². The van der Waals surface area contributed by atoms with Gasteiger partial charge in [0.05, 0.1) is 0 Å². The number of hydrogen-bond acceptors (Lipinski definition) is 3. The zero-order valence-electron chi connectivity index (χ0n) is 16.4. The van der Waals surface area contributed by atoms with Gasteiger partial charge < -0.3 is 0 Å². The van der Waals surface area contributed by atoms with Crippen LogP contribution in [0.5, 0.6) is 5.75 Å². The molecule has 0 atom stereocenters. The first-order valence-electron chi connectivity index (χ1n) is 8.60. The second kappa shape index (κ2) is 9.91. The molecule has 4 nitrogen and oxygen atoms in total. The predicted molar refractivity (Wildman–Crippen MR) is 112 cm³/mol. The summed E-state index contributed by atoms with van der Waals surface area (Å²) in [7, 11) is -4.65. The van der Waals surface area contributed by atoms with Crippen LogP contribution in [0.25, 0.3) is 0 Å². The normalized spacial score (nSPS) is 12.8. The number of anilines is 1. The first kappa shape index (κ1) is 27.0. The minimum atomic E-state index is -4.82. The fourth-order valence-corrected chi connectivity index (χ4v) is 5.69. The quantitative estimate of drug-likeness (QED) is 0.282. The van der Waals surface area contributed by atoms with Crippen molar-refractivity contribution in [3.63, 3.8) is 0 Å². The van der Waals surface area contributed by atoms with E-state index in [4.69, 9.17) is 27.9 Å². The predicted octanol–water partition coefficient (Wildman–Crippen LogP) is 6.97. The monoisotopic (exact) mass is 585 g/mol. The van der Waals surface area contributed by atoms with Crippen molar-refractivity contribution in [1.82, 2.24) is 0 Å². The van der Waals surface area contributed by atoms with E-state index in [1.165, 1.54) is 0 Å². The number of nitrogens with one attached hydrogen (secondary N) is 1. The van der Waals surface area contributed by atoms with Crippen molar-refractivity contribution in [2.45, 2.75) is 33.9 Å². The molecule has 2 aromatic rings. The Balaban J connectivity index is 2.43. The van der Waals surface area contributed by atoms with E-state index >= 15 is 0 Å². The molecule has 0 aliphatic rings. The van der Waals surface area contributed by atoms with Crippen molar-refractivity contribution in [3.05, 3.63) is 51.5 Å². The molecule has 32 heavy (non-hydrogen) atoms. The SMILES string of the molecule is C[As](C)CCOc1cc(NS(=O)(=O)c2c(Cl)cc(C(F)(F)F)cc2Cl)ccc1C(F)(F)F. The van der Waals surface area contributed by atoms with Crippen molar-refractivity contribution in [2.75, 3.05) is 11.3 Å². The Morgan fingerprint density at radius 1 is 0.969 bits per heavy atom. The van der Waals surface area contributed by atoms with Gasteiger partial charge >= 0.3 is 182 Å². The molecule has 178 valence electrons. The average Bonchev–Trinajstić information content (AvgIpc) is 2.58. The molecule has 0 unspecified atom stereocenters. The Morgan fingerprint density at radius 3 is 2.00 bits per heavy atom. The molecule has 0 saturated carbocycles. The van der Waals surface area contributed by atoms with Gasteiger partial charge in [0.2, 0.25) is 0 Å². The number of rotatable bonds is 7. The minimum absolute atomic E-state index is 0.0167. The van der Waals surface area contributed by atoms with Crippen LogP contribution < -0.4 is 9.46 Å². The van der Waals surface area contributed by atoms with Gasteiger partial charge in [-0.3, -0.25) is 0 Å². The van der Waals surface area contributed by atoms with Crippen molar-refractivity contribution in [1.29, 1.82) is 0 Å². The molecule has 1 N–H and O–H groups in total. The van der Waals surface area contributed by atoms with Crippen LogP contribution in [0.3, 0.4) is 0 Å². The number of sulfonamides is 1. The van der Waals surface area contributed by atoms with E-state index in [1.807, 2.05) is 16.1 Å². The molecule has 2 rings (SSSR count). The van der Waals surface area contributed by atoms with Crippen LogP contribution in [0.15, 0.2) is 35.2 Å². The van der Waals surface area contributed by atoms with Gasteiger partial charge in [0.25, 0.3) is 0 Å². The molecule has 0 heterocycles. The van der Waals surface area contributed by atoms with Crippen LogP contribution in [-0.4, -0.2) is 29.7 Å². The third-order valence-electron chi connectivity index (χ3n) is 3.93. The molecule has 0 fully saturated rings. The summed E-state index contributed by atoms with van der Waals surface area (Å²) in [6.45, 7) is 0.0167. The van der Waals surface area contributed by atoms with Gasteiger partial charge in [0.15, 0.2) is 0 Å². The Kier molecular flexibility index (Phi) is 8.35. The van der Waals surface area contributed by atoms with Gasteiger partial charge in [-0.05, 0) is 0 Å². The van der Waals surface area contributed by atoms with Gasteiger partial charge in [0, 0.05) is 0 Å². The van der Waals surface area contributed by atoms with Gasteiger partial charge in [-0.25, -0.2) is 0 Å². The van der Waals surface area contributed by atoms with E-state index in [0.29, 0.717) is 23.4 Å². The summed E-state index contributed by atoms with van der Waals surface area (Å²) in [6, 6.07) is 3.10. The molecule has 14 heteroatoms. The summed E-state index contributed by atoms with van der Waals surface area (Å²) < 4.78 is 111. The molecule has 0 aliphatic heterocycles. The molecule has 0 aliphatic carbocycles. The summed E-state index contributed by atoms with van der Waals surface area (Å²) in [5.74, 6) is -0.585. The van der Waals surface area contributed by atoms with E-state index in [9.17, 15) is 34.8 Å². The Labute approximate surface area is 195 Å². The molecule has 0 aromatic heterocycles. The summed E-state index contributed by atoms with van der Waals surface area (Å²) in [5.41, 5.74) is 1.30. The molecule has 0 saturated heterocycles. The zero-order chi connectivity index (χ0) is 24.5. The maximum atomic E-state index is 13.3. The Morgan fingerprint density at radius 2 is 1.53 bits per heavy atom. The first-order valence-corrected chi connectivity index (χ1v) is 15.9. The molecule has 2 aromatic carbocycles. The van der Waals surface area contributed by atoms with E-state index in [-0.39, 0.29) is 12.3 Å². The van der Waals surface area contributed by atoms with E-state index in [2.05, 4.69) is 0 Å². The van der Waals surface area contributed by atoms with Crippen molar-refractivity contribution >= 4 is 53.6 Å². The number of ether oxygens (including phenoxy) is 1. The van der Waals surface area contributed by atoms with Crippen LogP contribution in [0.1, 0.15) is 11.1 Å². The number of benzene rings is 2. The Bertz CT molecular complexity index is 1070. The molecule has 0 radical (unpaired) electrons. The standard InChI is InChI=1S/C18H16AsCl2F6NO3S/c1-19(2)5-6-31-15-9-11(3-4-12(15)18(25,26)27)28-32(29,30)16-13(20)7-10(8-14(16)21)17(22,23)24/h3-4,7-9,28H,5-6H2,1-2H3. The summed E-state index contributed by atoms with van der Waals surface area (Å²) in [5, 5.41) is -1.01. The number of halogens is 8. The fraction of sp³-hybridized carbons (Fsp3) is 0.333. The third-order valence-corrected chi connectivity index (χ3v) is 8.49. The van der Waals surface area contributed by atoms with Gasteiger partial charge in [-0.1, -0.05) is 0 Å². The Hall–Kier alpha value is -1.29. The molecule has 0 amide bonds. The maximum absolute atomic E-state index is 13.3. The second-order valence-electron chi connectivity index (χ2n) is 6.73. The van der Waals surface area contributed by atoms with E-state index in [0.717, 1.165) is 12.1 Å². The van der Waals surface area contributed by atoms with Crippen molar-refractivity contribution in [2.24, 2.45) is 0 Å². The summed E-state index contributed by atoms with van der Waals surface area (Å²) in [4.78, 5) is -0.845. The molecular weight excluding hydrogens is 570 g/mol. The number of alkyl halides is 6. The second-order valence-corrected chi connectivity index (χ2v) is 14.6. The van der Waals surface area contributed by atoms with Gasteiger partial charge in [-0.2, -0.15) is 13.2 Å². The molecule has 0 bridgehead atoms. The van der Waals surface area contributed by atoms with E-state index < -0.39 is 68.8 Å². The summed E-state index contributed by atoms with van der Waals surface area (Å²) in [6.07, 6.45) is -9.57. The van der Waals surface area contributed by atoms with Crippen LogP contribution in [0.4, 0.5) is 32.0 Å². The number of hydrogen-bond donors (Lipinski definition) is 1. The molecule has 0 spiro atoms. The molecular formula is C18H16AsCl2F6NO3S. The van der Waals surface area contributed by atoms with Crippen LogP contribution in [0.2, 0.25) is 26.7 Å².